The van der Waals surface area contributed by atoms with E-state index in [9.17, 15) is 0 Å². The maximum atomic E-state index is 6.64. The summed E-state index contributed by atoms with van der Waals surface area (Å²) in [4.78, 5) is 10.9. The molecule has 3 heterocycles. The lowest BCUT2D eigenvalue weighted by Gasteiger charge is -2.39. The summed E-state index contributed by atoms with van der Waals surface area (Å²) in [5.41, 5.74) is 16.0. The summed E-state index contributed by atoms with van der Waals surface area (Å²) >= 11 is 1.86. The number of thiophene rings is 1. The first kappa shape index (κ1) is 35.8. The zero-order valence-corrected chi connectivity index (χ0v) is 34.8. The van der Waals surface area contributed by atoms with E-state index in [1.165, 1.54) is 48.0 Å². The molecule has 1 aliphatic heterocycles. The molecule has 0 saturated heterocycles. The molecule has 2 aliphatic rings. The second-order valence-corrected chi connectivity index (χ2v) is 17.5. The third-order valence-corrected chi connectivity index (χ3v) is 14.2. The molecule has 0 bridgehead atoms. The van der Waals surface area contributed by atoms with E-state index in [1.807, 2.05) is 11.3 Å². The van der Waals surface area contributed by atoms with E-state index in [0.29, 0.717) is 5.82 Å². The average molecular weight is 821 g/mol. The van der Waals surface area contributed by atoms with Crippen molar-refractivity contribution in [3.05, 3.63) is 241 Å². The summed E-state index contributed by atoms with van der Waals surface area (Å²) in [6.45, 7) is 0. The molecule has 0 radical (unpaired) electrons. The van der Waals surface area contributed by atoms with Crippen LogP contribution in [-0.4, -0.2) is 9.97 Å². The maximum absolute atomic E-state index is 6.64. The molecule has 63 heavy (non-hydrogen) atoms. The van der Waals surface area contributed by atoms with E-state index in [2.05, 4.69) is 218 Å². The number of rotatable bonds is 5. The van der Waals surface area contributed by atoms with Gasteiger partial charge in [-0.1, -0.05) is 170 Å². The van der Waals surface area contributed by atoms with Crippen molar-refractivity contribution in [2.45, 2.75) is 5.41 Å². The molecule has 0 N–H and O–H groups in total. The first-order valence-corrected chi connectivity index (χ1v) is 22.2. The Morgan fingerprint density at radius 1 is 0.349 bits per heavy atom. The van der Waals surface area contributed by atoms with Gasteiger partial charge >= 0.3 is 0 Å². The van der Waals surface area contributed by atoms with Gasteiger partial charge in [0, 0.05) is 48.0 Å². The Labute approximate surface area is 369 Å². The Bertz CT molecular complexity index is 3560. The molecule has 0 fully saturated rings. The van der Waals surface area contributed by atoms with E-state index in [4.69, 9.17) is 14.7 Å². The Hall–Kier alpha value is -7.92. The van der Waals surface area contributed by atoms with Crippen LogP contribution in [0.1, 0.15) is 22.3 Å². The highest BCUT2D eigenvalue weighted by atomic mass is 32.1. The van der Waals surface area contributed by atoms with Crippen molar-refractivity contribution < 1.29 is 4.74 Å². The van der Waals surface area contributed by atoms with Crippen LogP contribution in [0.15, 0.2) is 218 Å². The van der Waals surface area contributed by atoms with Gasteiger partial charge in [0.05, 0.1) is 16.8 Å². The minimum atomic E-state index is -0.597. The highest BCUT2D eigenvalue weighted by molar-refractivity contribution is 7.26. The summed E-state index contributed by atoms with van der Waals surface area (Å²) in [5, 5.41) is 2.57. The van der Waals surface area contributed by atoms with Crippen LogP contribution in [0, 0.1) is 0 Å². The van der Waals surface area contributed by atoms with Crippen molar-refractivity contribution in [3.63, 3.8) is 0 Å². The van der Waals surface area contributed by atoms with Gasteiger partial charge in [0.2, 0.25) is 0 Å². The summed E-state index contributed by atoms with van der Waals surface area (Å²) in [6.07, 6.45) is 0. The molecule has 2 aromatic heterocycles. The number of hydrogen-bond acceptors (Lipinski definition) is 4. The summed E-state index contributed by atoms with van der Waals surface area (Å²) < 4.78 is 9.21. The summed E-state index contributed by atoms with van der Waals surface area (Å²) in [7, 11) is 0. The predicted octanol–water partition coefficient (Wildman–Crippen LogP) is 15.6. The van der Waals surface area contributed by atoms with E-state index < -0.39 is 5.41 Å². The van der Waals surface area contributed by atoms with Crippen molar-refractivity contribution in [2.24, 2.45) is 0 Å². The second kappa shape index (κ2) is 14.1. The molecule has 0 amide bonds. The van der Waals surface area contributed by atoms with Gasteiger partial charge in [-0.3, -0.25) is 0 Å². The van der Waals surface area contributed by atoms with Crippen LogP contribution in [0.25, 0.3) is 87.5 Å². The zero-order valence-electron chi connectivity index (χ0n) is 34.0. The van der Waals surface area contributed by atoms with Gasteiger partial charge in [-0.2, -0.15) is 0 Å². The Morgan fingerprint density at radius 2 is 0.921 bits per heavy atom. The second-order valence-electron chi connectivity index (χ2n) is 16.4. The minimum absolute atomic E-state index is 0.597. The number of para-hydroxylation sites is 2. The lowest BCUT2D eigenvalue weighted by Crippen LogP contribution is -2.32. The first-order chi connectivity index (χ1) is 31.2. The average Bonchev–Trinajstić information content (AvgIpc) is 3.88. The molecule has 1 aliphatic carbocycles. The Kier molecular flexibility index (Phi) is 7.99. The number of aromatic nitrogens is 2. The topological polar surface area (TPSA) is 35.0 Å². The third-order valence-electron chi connectivity index (χ3n) is 13.0. The fraction of sp³-hybridized carbons (Fsp3) is 0.0169. The van der Waals surface area contributed by atoms with Gasteiger partial charge in [0.25, 0.3) is 0 Å². The molecule has 11 aromatic rings. The predicted molar refractivity (Wildman–Crippen MR) is 259 cm³/mol. The number of hydrogen-bond donors (Lipinski definition) is 0. The lowest BCUT2D eigenvalue weighted by molar-refractivity contribution is 0.436. The molecular formula is C59H36N2OS. The largest absolute Gasteiger partial charge is 0.457 e. The summed E-state index contributed by atoms with van der Waals surface area (Å²) in [6, 6.07) is 78.3. The van der Waals surface area contributed by atoms with Crippen LogP contribution in [0.3, 0.4) is 0 Å². The molecule has 13 rings (SSSR count). The monoisotopic (exact) mass is 820 g/mol. The normalized spacial score (nSPS) is 13.0. The van der Waals surface area contributed by atoms with Crippen molar-refractivity contribution in [1.29, 1.82) is 0 Å². The quantitative estimate of drug-likeness (QED) is 0.173. The number of benzene rings is 9. The highest BCUT2D eigenvalue weighted by Crippen LogP contribution is 2.62. The maximum Gasteiger partial charge on any atom is 0.160 e. The molecule has 294 valence electrons. The van der Waals surface area contributed by atoms with Crippen LogP contribution < -0.4 is 4.74 Å². The van der Waals surface area contributed by atoms with Crippen molar-refractivity contribution in [3.8, 4) is 78.8 Å². The smallest absolute Gasteiger partial charge is 0.160 e. The molecule has 4 heteroatoms. The molecule has 0 saturated carbocycles. The molecule has 0 atom stereocenters. The van der Waals surface area contributed by atoms with Crippen LogP contribution in [0.2, 0.25) is 0 Å². The van der Waals surface area contributed by atoms with Gasteiger partial charge < -0.3 is 4.74 Å². The molecular weight excluding hydrogens is 785 g/mol. The highest BCUT2D eigenvalue weighted by Gasteiger charge is 2.51. The van der Waals surface area contributed by atoms with Crippen LogP contribution >= 0.6 is 11.3 Å². The van der Waals surface area contributed by atoms with E-state index in [1.54, 1.807) is 0 Å². The molecule has 9 aromatic carbocycles. The first-order valence-electron chi connectivity index (χ1n) is 21.4. The molecule has 3 nitrogen and oxygen atoms in total. The number of fused-ring (bicyclic) bond motifs is 12. The van der Waals surface area contributed by atoms with Crippen molar-refractivity contribution in [1.82, 2.24) is 9.97 Å². The Morgan fingerprint density at radius 3 is 1.70 bits per heavy atom. The van der Waals surface area contributed by atoms with E-state index in [0.717, 1.165) is 67.4 Å². The number of nitrogens with zero attached hydrogens (tertiary/aromatic N) is 2. The molecule has 0 unspecified atom stereocenters. The zero-order chi connectivity index (χ0) is 41.5. The van der Waals surface area contributed by atoms with Gasteiger partial charge in [-0.15, -0.1) is 11.3 Å². The molecule has 1 spiro atoms. The minimum Gasteiger partial charge on any atom is -0.457 e. The third kappa shape index (κ3) is 5.52. The van der Waals surface area contributed by atoms with E-state index >= 15 is 0 Å². The van der Waals surface area contributed by atoms with Crippen LogP contribution in [0.5, 0.6) is 11.5 Å². The van der Waals surface area contributed by atoms with Gasteiger partial charge in [-0.05, 0) is 93.0 Å². The summed E-state index contributed by atoms with van der Waals surface area (Å²) in [5.74, 6) is 2.41. The van der Waals surface area contributed by atoms with Crippen molar-refractivity contribution in [2.75, 3.05) is 0 Å². The number of ether oxygens (including phenoxy) is 1. The lowest BCUT2D eigenvalue weighted by atomic mass is 9.66. The van der Waals surface area contributed by atoms with Crippen LogP contribution in [0.4, 0.5) is 0 Å². The van der Waals surface area contributed by atoms with Crippen LogP contribution in [-0.2, 0) is 5.41 Å². The van der Waals surface area contributed by atoms with Gasteiger partial charge in [0.1, 0.15) is 11.5 Å². The van der Waals surface area contributed by atoms with E-state index in [-0.39, 0.29) is 0 Å². The fourth-order valence-corrected chi connectivity index (χ4v) is 11.4. The SMILES string of the molecule is c1ccc(-c2cc(-c3cc(-c4ccccc4)nc(-c4ccc5c(c4)C4(c6ccccc6Oc6ccccc64)c4ccccc4-5)n3)cc(-c3cccc4c3sc3ccccc34)c2)cc1. The standard InChI is InChI=1S/C59H36N2OS/c1-3-16-37(17-4-1)40-32-41(43-22-15-23-47-46-21-8-14-29-56(46)63-57(43)47)34-42(33-40)53-36-52(38-18-5-2-6-19-38)60-58(61-53)39-30-31-45-44-20-7-9-24-48(44)59(51(45)35-39)49-25-10-12-27-54(49)62-55-28-13-11-26-50(55)59/h1-36H. The fourth-order valence-electron chi connectivity index (χ4n) is 10.2. The Balaban J connectivity index is 1.05. The van der Waals surface area contributed by atoms with Gasteiger partial charge in [-0.25, -0.2) is 9.97 Å². The van der Waals surface area contributed by atoms with Gasteiger partial charge in [0.15, 0.2) is 5.82 Å². The van der Waals surface area contributed by atoms with Crippen molar-refractivity contribution >= 4 is 31.5 Å².